The number of aliphatic hydroxyl groups is 2. The Morgan fingerprint density at radius 3 is 2.14 bits per heavy atom. The highest BCUT2D eigenvalue weighted by molar-refractivity contribution is 6.07. The van der Waals surface area contributed by atoms with E-state index in [2.05, 4.69) is 46.3 Å². The van der Waals surface area contributed by atoms with Crippen LogP contribution in [0.1, 0.15) is 6.42 Å². The Morgan fingerprint density at radius 1 is 0.955 bits per heavy atom. The van der Waals surface area contributed by atoms with E-state index in [4.69, 9.17) is 5.11 Å². The zero-order valence-corrected chi connectivity index (χ0v) is 12.7. The Morgan fingerprint density at radius 2 is 1.55 bits per heavy atom. The number of aliphatic hydroxyl groups excluding tert-OH is 2. The number of quaternary nitrogens is 1. The summed E-state index contributed by atoms with van der Waals surface area (Å²) in [7, 11) is 0. The molecule has 0 aliphatic carbocycles. The molecule has 3 rings (SSSR count). The summed E-state index contributed by atoms with van der Waals surface area (Å²) >= 11 is 0. The topological polar surface area (TPSA) is 62.0 Å². The van der Waals surface area contributed by atoms with E-state index in [0.29, 0.717) is 13.1 Å². The number of fused-ring (bicyclic) bond motifs is 3. The lowest BCUT2D eigenvalue weighted by atomic mass is 10.2. The fraction of sp³-hybridized carbons (Fsp3) is 0.333. The number of nitrogens with zero attached hydrogens (tertiary/aromatic N) is 1. The van der Waals surface area contributed by atoms with Crippen molar-refractivity contribution in [3.63, 3.8) is 0 Å². The van der Waals surface area contributed by atoms with Crippen molar-refractivity contribution in [3.8, 4) is 0 Å². The molecule has 4 heteroatoms. The third-order valence-corrected chi connectivity index (χ3v) is 4.08. The van der Waals surface area contributed by atoms with E-state index in [9.17, 15) is 5.11 Å². The molecule has 0 amide bonds. The van der Waals surface area contributed by atoms with Crippen LogP contribution in [0.4, 0.5) is 0 Å². The molecule has 0 saturated carbocycles. The Kier molecular flexibility index (Phi) is 4.73. The van der Waals surface area contributed by atoms with Gasteiger partial charge in [-0.25, -0.2) is 0 Å². The lowest BCUT2D eigenvalue weighted by Gasteiger charge is -2.13. The molecule has 1 heterocycles. The van der Waals surface area contributed by atoms with E-state index < -0.39 is 6.10 Å². The highest BCUT2D eigenvalue weighted by atomic mass is 16.3. The minimum atomic E-state index is -0.405. The maximum absolute atomic E-state index is 10.3. The molecule has 1 atom stereocenters. The molecule has 0 spiro atoms. The van der Waals surface area contributed by atoms with Crippen molar-refractivity contribution in [1.82, 2.24) is 4.57 Å². The largest absolute Gasteiger partial charge is 0.396 e. The molecule has 22 heavy (non-hydrogen) atoms. The molecule has 4 N–H and O–H groups in total. The fourth-order valence-electron chi connectivity index (χ4n) is 3.03. The first kappa shape index (κ1) is 15.0. The molecular weight excluding hydrogens is 276 g/mol. The van der Waals surface area contributed by atoms with Crippen LogP contribution in [0.25, 0.3) is 21.8 Å². The second-order valence-electron chi connectivity index (χ2n) is 5.69. The maximum atomic E-state index is 10.3. The Hall–Kier alpha value is -1.88. The summed E-state index contributed by atoms with van der Waals surface area (Å²) in [6.07, 6.45) is 0.361. The summed E-state index contributed by atoms with van der Waals surface area (Å²) in [5.74, 6) is 0. The molecule has 0 aliphatic heterocycles. The van der Waals surface area contributed by atoms with Crippen molar-refractivity contribution in [2.24, 2.45) is 0 Å². The molecule has 0 saturated heterocycles. The number of rotatable bonds is 7. The molecule has 0 fully saturated rings. The highest BCUT2D eigenvalue weighted by Gasteiger charge is 2.13. The first-order valence-electron chi connectivity index (χ1n) is 7.88. The number of para-hydroxylation sites is 2. The van der Waals surface area contributed by atoms with Gasteiger partial charge in [0.2, 0.25) is 0 Å². The summed E-state index contributed by atoms with van der Waals surface area (Å²) in [5, 5.41) is 23.6. The number of benzene rings is 2. The van der Waals surface area contributed by atoms with Crippen molar-refractivity contribution in [2.75, 3.05) is 19.7 Å². The first-order chi connectivity index (χ1) is 10.8. The van der Waals surface area contributed by atoms with Gasteiger partial charge in [-0.05, 0) is 12.1 Å². The monoisotopic (exact) mass is 299 g/mol. The quantitative estimate of drug-likeness (QED) is 0.572. The van der Waals surface area contributed by atoms with E-state index in [0.717, 1.165) is 24.0 Å². The molecule has 1 aromatic heterocycles. The SMILES string of the molecule is OCCC[NH2+]C[C@H](O)Cn1c2ccccc2c2ccccc21. The standard InChI is InChI=1S/C18H22N2O2/c21-11-5-10-19-12-14(22)13-20-17-8-3-1-6-15(17)16-7-2-4-9-18(16)20/h1-4,6-9,14,19,21-22H,5,10-13H2/p+1/t14-/m0/s1. The van der Waals surface area contributed by atoms with Crippen LogP contribution >= 0.6 is 0 Å². The Balaban J connectivity index is 1.85. The fourth-order valence-corrected chi connectivity index (χ4v) is 3.03. The van der Waals surface area contributed by atoms with E-state index in [1.807, 2.05) is 12.1 Å². The maximum Gasteiger partial charge on any atom is 0.121 e. The van der Waals surface area contributed by atoms with Gasteiger partial charge < -0.3 is 20.1 Å². The molecule has 116 valence electrons. The summed E-state index contributed by atoms with van der Waals surface area (Å²) in [4.78, 5) is 0. The van der Waals surface area contributed by atoms with E-state index in [1.54, 1.807) is 0 Å². The predicted molar refractivity (Wildman–Crippen MR) is 88.8 cm³/mol. The lowest BCUT2D eigenvalue weighted by molar-refractivity contribution is -0.661. The smallest absolute Gasteiger partial charge is 0.121 e. The molecule has 2 aromatic carbocycles. The number of hydrogen-bond donors (Lipinski definition) is 3. The average Bonchev–Trinajstić information content (AvgIpc) is 2.87. The van der Waals surface area contributed by atoms with Gasteiger partial charge in [-0.1, -0.05) is 36.4 Å². The molecule has 4 nitrogen and oxygen atoms in total. The van der Waals surface area contributed by atoms with Crippen LogP contribution in [0.5, 0.6) is 0 Å². The molecule has 0 aliphatic rings. The second-order valence-corrected chi connectivity index (χ2v) is 5.69. The van der Waals surface area contributed by atoms with Crippen molar-refractivity contribution >= 4 is 21.8 Å². The zero-order valence-electron chi connectivity index (χ0n) is 12.7. The van der Waals surface area contributed by atoms with E-state index >= 15 is 0 Å². The van der Waals surface area contributed by atoms with E-state index in [1.165, 1.54) is 10.8 Å². The highest BCUT2D eigenvalue weighted by Crippen LogP contribution is 2.28. The molecule has 0 bridgehead atoms. The van der Waals surface area contributed by atoms with Gasteiger partial charge in [0.25, 0.3) is 0 Å². The van der Waals surface area contributed by atoms with Crippen molar-refractivity contribution in [2.45, 2.75) is 19.1 Å². The van der Waals surface area contributed by atoms with E-state index in [-0.39, 0.29) is 6.61 Å². The number of hydrogen-bond acceptors (Lipinski definition) is 2. The van der Waals surface area contributed by atoms with Gasteiger partial charge in [-0.15, -0.1) is 0 Å². The van der Waals surface area contributed by atoms with Gasteiger partial charge in [0, 0.05) is 34.8 Å². The zero-order chi connectivity index (χ0) is 15.4. The van der Waals surface area contributed by atoms with Gasteiger partial charge in [0.05, 0.1) is 13.1 Å². The normalized spacial score (nSPS) is 13.0. The van der Waals surface area contributed by atoms with Gasteiger partial charge in [-0.3, -0.25) is 0 Å². The van der Waals surface area contributed by atoms with Crippen molar-refractivity contribution < 1.29 is 15.5 Å². The van der Waals surface area contributed by atoms with Gasteiger partial charge >= 0.3 is 0 Å². The van der Waals surface area contributed by atoms with Crippen LogP contribution in [-0.2, 0) is 6.54 Å². The van der Waals surface area contributed by atoms with Crippen LogP contribution in [0, 0.1) is 0 Å². The summed E-state index contributed by atoms with van der Waals surface area (Å²) in [6.45, 7) is 2.30. The van der Waals surface area contributed by atoms with Crippen molar-refractivity contribution in [3.05, 3.63) is 48.5 Å². The second kappa shape index (κ2) is 6.92. The van der Waals surface area contributed by atoms with Gasteiger partial charge in [0.1, 0.15) is 12.6 Å². The summed E-state index contributed by atoms with van der Waals surface area (Å²) < 4.78 is 2.20. The van der Waals surface area contributed by atoms with Crippen LogP contribution in [0.2, 0.25) is 0 Å². The minimum Gasteiger partial charge on any atom is -0.396 e. The van der Waals surface area contributed by atoms with Crippen LogP contribution in [-0.4, -0.2) is 40.6 Å². The molecule has 0 radical (unpaired) electrons. The molecule has 0 unspecified atom stereocenters. The van der Waals surface area contributed by atoms with Gasteiger partial charge in [-0.2, -0.15) is 0 Å². The van der Waals surface area contributed by atoms with Gasteiger partial charge in [0.15, 0.2) is 0 Å². The summed E-state index contributed by atoms with van der Waals surface area (Å²) in [5.41, 5.74) is 2.33. The Bertz CT molecular complexity index is 698. The van der Waals surface area contributed by atoms with Crippen molar-refractivity contribution in [1.29, 1.82) is 0 Å². The average molecular weight is 299 g/mol. The first-order valence-corrected chi connectivity index (χ1v) is 7.88. The number of aromatic nitrogens is 1. The minimum absolute atomic E-state index is 0.208. The molecular formula is C18H23N2O2+. The molecule has 3 aromatic rings. The predicted octanol–water partition coefficient (Wildman–Crippen LogP) is 1.10. The summed E-state index contributed by atoms with van der Waals surface area (Å²) in [6, 6.07) is 16.7. The van der Waals surface area contributed by atoms with Crippen LogP contribution < -0.4 is 5.32 Å². The third kappa shape index (κ3) is 2.99. The number of nitrogens with two attached hydrogens (primary N) is 1. The third-order valence-electron chi connectivity index (χ3n) is 4.08. The van der Waals surface area contributed by atoms with Crippen LogP contribution in [0.3, 0.4) is 0 Å². The Labute approximate surface area is 130 Å². The van der Waals surface area contributed by atoms with Crippen LogP contribution in [0.15, 0.2) is 48.5 Å². The lowest BCUT2D eigenvalue weighted by Crippen LogP contribution is -2.86.